The van der Waals surface area contributed by atoms with Crippen molar-refractivity contribution < 1.29 is 4.79 Å². The van der Waals surface area contributed by atoms with Gasteiger partial charge in [-0.1, -0.05) is 19.9 Å². The van der Waals surface area contributed by atoms with E-state index in [2.05, 4.69) is 22.2 Å². The number of halogens is 1. The maximum atomic E-state index is 11.1. The van der Waals surface area contributed by atoms with Crippen molar-refractivity contribution in [3.63, 3.8) is 0 Å². The van der Waals surface area contributed by atoms with E-state index in [1.165, 1.54) is 0 Å². The summed E-state index contributed by atoms with van der Waals surface area (Å²) in [6.45, 7) is 8.81. The minimum absolute atomic E-state index is 0. The van der Waals surface area contributed by atoms with Crippen molar-refractivity contribution in [2.45, 2.75) is 13.8 Å². The molecule has 5 nitrogen and oxygen atoms in total. The van der Waals surface area contributed by atoms with Crippen LogP contribution in [0, 0.1) is 5.92 Å². The number of hydrogen-bond donors (Lipinski definition) is 3. The molecule has 94 valence electrons. The van der Waals surface area contributed by atoms with Crippen molar-refractivity contribution in [1.82, 2.24) is 10.6 Å². The SMILES string of the molecule is C=CCNC(N)=NCCNC(=O)C(C)C.I. The summed E-state index contributed by atoms with van der Waals surface area (Å²) in [4.78, 5) is 15.2. The Hall–Kier alpha value is -0.790. The van der Waals surface area contributed by atoms with Crippen molar-refractivity contribution in [2.24, 2.45) is 16.6 Å². The van der Waals surface area contributed by atoms with Gasteiger partial charge in [-0.25, -0.2) is 0 Å². The lowest BCUT2D eigenvalue weighted by Crippen LogP contribution is -2.34. The van der Waals surface area contributed by atoms with Gasteiger partial charge >= 0.3 is 0 Å². The lowest BCUT2D eigenvalue weighted by atomic mass is 10.2. The highest BCUT2D eigenvalue weighted by molar-refractivity contribution is 14.0. The van der Waals surface area contributed by atoms with Gasteiger partial charge in [0.2, 0.25) is 5.91 Å². The second-order valence-corrected chi connectivity index (χ2v) is 3.38. The summed E-state index contributed by atoms with van der Waals surface area (Å²) in [5.74, 6) is 0.404. The van der Waals surface area contributed by atoms with Gasteiger partial charge in [0.25, 0.3) is 0 Å². The first-order valence-corrected chi connectivity index (χ1v) is 5.00. The Labute approximate surface area is 114 Å². The van der Waals surface area contributed by atoms with Crippen LogP contribution in [-0.2, 0) is 4.79 Å². The molecular formula is C10H21IN4O. The van der Waals surface area contributed by atoms with Crippen LogP contribution in [-0.4, -0.2) is 31.5 Å². The van der Waals surface area contributed by atoms with Crippen LogP contribution in [0.25, 0.3) is 0 Å². The zero-order valence-corrected chi connectivity index (χ0v) is 12.2. The standard InChI is InChI=1S/C10H20N4O.HI/c1-4-5-13-10(11)14-7-6-12-9(15)8(2)3;/h4,8H,1,5-7H2,2-3H3,(H,12,15)(H3,11,13,14);1H. The third kappa shape index (κ3) is 9.75. The highest BCUT2D eigenvalue weighted by Crippen LogP contribution is 1.89. The number of amides is 1. The highest BCUT2D eigenvalue weighted by atomic mass is 127. The highest BCUT2D eigenvalue weighted by Gasteiger charge is 2.04. The first-order valence-electron chi connectivity index (χ1n) is 5.00. The molecule has 6 heteroatoms. The van der Waals surface area contributed by atoms with E-state index in [1.807, 2.05) is 13.8 Å². The first-order chi connectivity index (χ1) is 7.07. The minimum Gasteiger partial charge on any atom is -0.370 e. The molecule has 0 rings (SSSR count). The number of carbonyl (C=O) groups is 1. The zero-order chi connectivity index (χ0) is 11.7. The van der Waals surface area contributed by atoms with E-state index in [4.69, 9.17) is 5.73 Å². The van der Waals surface area contributed by atoms with E-state index in [9.17, 15) is 4.79 Å². The topological polar surface area (TPSA) is 79.5 Å². The summed E-state index contributed by atoms with van der Waals surface area (Å²) in [7, 11) is 0. The monoisotopic (exact) mass is 340 g/mol. The number of aliphatic imine (C=N–C) groups is 1. The van der Waals surface area contributed by atoms with Crippen LogP contribution in [0.2, 0.25) is 0 Å². The van der Waals surface area contributed by atoms with E-state index in [0.29, 0.717) is 25.6 Å². The second kappa shape index (κ2) is 10.7. The molecule has 0 aliphatic rings. The smallest absolute Gasteiger partial charge is 0.222 e. The second-order valence-electron chi connectivity index (χ2n) is 3.38. The van der Waals surface area contributed by atoms with Gasteiger partial charge in [0.15, 0.2) is 5.96 Å². The summed E-state index contributed by atoms with van der Waals surface area (Å²) in [5, 5.41) is 5.58. The molecule has 0 aliphatic heterocycles. The van der Waals surface area contributed by atoms with E-state index >= 15 is 0 Å². The lowest BCUT2D eigenvalue weighted by molar-refractivity contribution is -0.123. The Morgan fingerprint density at radius 3 is 2.62 bits per heavy atom. The molecule has 0 heterocycles. The summed E-state index contributed by atoms with van der Waals surface area (Å²) in [6.07, 6.45) is 1.70. The summed E-state index contributed by atoms with van der Waals surface area (Å²) >= 11 is 0. The van der Waals surface area contributed by atoms with E-state index in [0.717, 1.165) is 0 Å². The molecule has 0 saturated carbocycles. The van der Waals surface area contributed by atoms with E-state index in [-0.39, 0.29) is 35.8 Å². The van der Waals surface area contributed by atoms with Gasteiger partial charge in [-0.15, -0.1) is 30.6 Å². The molecule has 4 N–H and O–H groups in total. The number of nitrogens with two attached hydrogens (primary N) is 1. The normalized spacial score (nSPS) is 10.6. The number of hydrogen-bond acceptors (Lipinski definition) is 2. The molecule has 0 aromatic rings. The number of nitrogens with zero attached hydrogens (tertiary/aromatic N) is 1. The molecule has 0 spiro atoms. The summed E-state index contributed by atoms with van der Waals surface area (Å²) < 4.78 is 0. The molecule has 0 atom stereocenters. The molecule has 0 aliphatic carbocycles. The van der Waals surface area contributed by atoms with Gasteiger partial charge in [-0.05, 0) is 0 Å². The Morgan fingerprint density at radius 2 is 2.12 bits per heavy atom. The van der Waals surface area contributed by atoms with Gasteiger partial charge in [-0.2, -0.15) is 0 Å². The number of guanidine groups is 1. The molecule has 0 aromatic carbocycles. The van der Waals surface area contributed by atoms with E-state index < -0.39 is 0 Å². The van der Waals surface area contributed by atoms with Gasteiger partial charge in [-0.3, -0.25) is 9.79 Å². The molecule has 0 unspecified atom stereocenters. The van der Waals surface area contributed by atoms with Gasteiger partial charge in [0.05, 0.1) is 6.54 Å². The molecule has 0 saturated heterocycles. The van der Waals surface area contributed by atoms with Crippen molar-refractivity contribution >= 4 is 35.8 Å². The quantitative estimate of drug-likeness (QED) is 0.216. The van der Waals surface area contributed by atoms with Gasteiger partial charge in [0.1, 0.15) is 0 Å². The van der Waals surface area contributed by atoms with Crippen molar-refractivity contribution in [3.8, 4) is 0 Å². The molecule has 16 heavy (non-hydrogen) atoms. The Morgan fingerprint density at radius 1 is 1.50 bits per heavy atom. The van der Waals surface area contributed by atoms with Crippen molar-refractivity contribution in [1.29, 1.82) is 0 Å². The molecule has 0 fully saturated rings. The largest absolute Gasteiger partial charge is 0.370 e. The lowest BCUT2D eigenvalue weighted by Gasteiger charge is -2.06. The molecule has 0 bridgehead atoms. The predicted molar refractivity (Wildman–Crippen MR) is 78.0 cm³/mol. The van der Waals surface area contributed by atoms with Gasteiger partial charge < -0.3 is 16.4 Å². The Kier molecular flexibility index (Phi) is 11.8. The fraction of sp³-hybridized carbons (Fsp3) is 0.600. The van der Waals surface area contributed by atoms with Crippen LogP contribution in [0.3, 0.4) is 0 Å². The first kappa shape index (κ1) is 17.6. The average Bonchev–Trinajstić information content (AvgIpc) is 2.20. The fourth-order valence-corrected chi connectivity index (χ4v) is 0.792. The fourth-order valence-electron chi connectivity index (χ4n) is 0.792. The number of rotatable bonds is 6. The van der Waals surface area contributed by atoms with Crippen molar-refractivity contribution in [2.75, 3.05) is 19.6 Å². The van der Waals surface area contributed by atoms with Crippen molar-refractivity contribution in [3.05, 3.63) is 12.7 Å². The third-order valence-electron chi connectivity index (χ3n) is 1.65. The van der Waals surface area contributed by atoms with Crippen LogP contribution in [0.5, 0.6) is 0 Å². The number of carbonyl (C=O) groups excluding carboxylic acids is 1. The van der Waals surface area contributed by atoms with Crippen LogP contribution < -0.4 is 16.4 Å². The molecule has 0 aromatic heterocycles. The van der Waals surface area contributed by atoms with Gasteiger partial charge in [0, 0.05) is 19.0 Å². The van der Waals surface area contributed by atoms with Crippen LogP contribution in [0.1, 0.15) is 13.8 Å². The summed E-state index contributed by atoms with van der Waals surface area (Å²) in [5.41, 5.74) is 5.51. The van der Waals surface area contributed by atoms with Crippen LogP contribution >= 0.6 is 24.0 Å². The summed E-state index contributed by atoms with van der Waals surface area (Å²) in [6, 6.07) is 0. The third-order valence-corrected chi connectivity index (χ3v) is 1.65. The maximum Gasteiger partial charge on any atom is 0.222 e. The molecule has 1 amide bonds. The average molecular weight is 340 g/mol. The Bertz CT molecular complexity index is 241. The minimum atomic E-state index is 0. The molecular weight excluding hydrogens is 319 g/mol. The maximum absolute atomic E-state index is 11.1. The number of nitrogens with one attached hydrogen (secondary N) is 2. The van der Waals surface area contributed by atoms with E-state index in [1.54, 1.807) is 6.08 Å². The molecule has 0 radical (unpaired) electrons. The van der Waals surface area contributed by atoms with Crippen LogP contribution in [0.4, 0.5) is 0 Å². The Balaban J connectivity index is 0. The van der Waals surface area contributed by atoms with Crippen LogP contribution in [0.15, 0.2) is 17.6 Å². The predicted octanol–water partition coefficient (Wildman–Crippen LogP) is 0.467. The zero-order valence-electron chi connectivity index (χ0n) is 9.82.